The number of hydrogen-bond donors (Lipinski definition) is 1. The van der Waals surface area contributed by atoms with Crippen LogP contribution < -0.4 is 10.1 Å². The van der Waals surface area contributed by atoms with E-state index in [1.54, 1.807) is 18.5 Å². The number of anilines is 1. The monoisotopic (exact) mass is 372 g/mol. The van der Waals surface area contributed by atoms with Crippen LogP contribution in [0.15, 0.2) is 60.9 Å². The van der Waals surface area contributed by atoms with Gasteiger partial charge in [-0.25, -0.2) is 0 Å². The molecule has 3 aromatic rings. The average Bonchev–Trinajstić information content (AvgIpc) is 2.67. The number of ether oxygens (including phenoxy) is 1. The van der Waals surface area contributed by atoms with Crippen LogP contribution in [-0.4, -0.2) is 17.5 Å². The van der Waals surface area contributed by atoms with E-state index in [0.717, 1.165) is 39.8 Å². The van der Waals surface area contributed by atoms with Crippen molar-refractivity contribution >= 4 is 27.9 Å². The number of nitrogens with zero attached hydrogens (tertiary/aromatic N) is 1. The molecule has 4 rings (SSSR count). The normalized spacial score (nSPS) is 15.2. The minimum absolute atomic E-state index is 0.0559. The van der Waals surface area contributed by atoms with Crippen molar-refractivity contribution < 1.29 is 9.53 Å². The molecule has 1 aromatic heterocycles. The fourth-order valence-electron chi connectivity index (χ4n) is 3.49. The lowest BCUT2D eigenvalue weighted by Gasteiger charge is -2.25. The minimum Gasteiger partial charge on any atom is -0.493 e. The third kappa shape index (κ3) is 3.63. The van der Waals surface area contributed by atoms with Gasteiger partial charge in [0.1, 0.15) is 5.75 Å². The first-order valence-electron chi connectivity index (χ1n) is 9.54. The number of carbonyl (C=O) groups is 1. The van der Waals surface area contributed by atoms with Gasteiger partial charge in [0.2, 0.25) is 5.91 Å². The van der Waals surface area contributed by atoms with Crippen LogP contribution in [0, 0.1) is 0 Å². The van der Waals surface area contributed by atoms with Gasteiger partial charge in [0.15, 0.2) is 0 Å². The van der Waals surface area contributed by atoms with Crippen LogP contribution in [0.2, 0.25) is 0 Å². The molecule has 0 unspecified atom stereocenters. The van der Waals surface area contributed by atoms with Gasteiger partial charge in [-0.15, -0.1) is 0 Å². The zero-order chi connectivity index (χ0) is 19.7. The molecule has 1 aliphatic rings. The molecule has 2 heterocycles. The zero-order valence-electron chi connectivity index (χ0n) is 16.5. The van der Waals surface area contributed by atoms with Crippen LogP contribution in [0.5, 0.6) is 5.75 Å². The number of carbonyl (C=O) groups excluding carboxylic acids is 1. The summed E-state index contributed by atoms with van der Waals surface area (Å²) in [4.78, 5) is 16.9. The smallest absolute Gasteiger partial charge is 0.248 e. The summed E-state index contributed by atoms with van der Waals surface area (Å²) in [6.45, 7) is 7.13. The van der Waals surface area contributed by atoms with Gasteiger partial charge in [-0.1, -0.05) is 45.0 Å². The molecule has 0 radical (unpaired) electrons. The van der Waals surface area contributed by atoms with Crippen molar-refractivity contribution in [3.05, 3.63) is 72.1 Å². The molecule has 0 saturated carbocycles. The summed E-state index contributed by atoms with van der Waals surface area (Å²) >= 11 is 0. The Hall–Kier alpha value is -3.14. The highest BCUT2D eigenvalue weighted by Crippen LogP contribution is 2.36. The zero-order valence-corrected chi connectivity index (χ0v) is 16.5. The third-order valence-electron chi connectivity index (χ3n) is 5.07. The van der Waals surface area contributed by atoms with Crippen LogP contribution in [0.25, 0.3) is 16.3 Å². The highest BCUT2D eigenvalue weighted by molar-refractivity contribution is 6.08. The SMILES string of the molecule is CC(C)(C)c1ccc2c(c1)OCC/C2=C\C(=O)Nc1cccc2cnccc12. The van der Waals surface area contributed by atoms with Crippen LogP contribution in [-0.2, 0) is 10.2 Å². The molecular formula is C24H24N2O2. The second kappa shape index (κ2) is 7.12. The summed E-state index contributed by atoms with van der Waals surface area (Å²) in [5.41, 5.74) is 4.07. The molecule has 0 aliphatic carbocycles. The lowest BCUT2D eigenvalue weighted by Crippen LogP contribution is -2.15. The molecule has 2 aromatic carbocycles. The van der Waals surface area contributed by atoms with Gasteiger partial charge in [0.05, 0.1) is 6.61 Å². The maximum absolute atomic E-state index is 12.7. The third-order valence-corrected chi connectivity index (χ3v) is 5.07. The molecule has 0 fully saturated rings. The number of rotatable bonds is 2. The predicted molar refractivity (Wildman–Crippen MR) is 114 cm³/mol. The lowest BCUT2D eigenvalue weighted by atomic mass is 9.85. The summed E-state index contributed by atoms with van der Waals surface area (Å²) in [7, 11) is 0. The quantitative estimate of drug-likeness (QED) is 0.618. The molecule has 4 heteroatoms. The molecule has 1 amide bonds. The second-order valence-corrected chi connectivity index (χ2v) is 8.12. The Bertz CT molecular complexity index is 1070. The Morgan fingerprint density at radius 2 is 2.04 bits per heavy atom. The number of amides is 1. The molecular weight excluding hydrogens is 348 g/mol. The summed E-state index contributed by atoms with van der Waals surface area (Å²) in [5.74, 6) is 0.723. The standard InChI is InChI=1S/C24H24N2O2/c1-24(2,3)18-7-8-20-16(10-12-28-22(20)14-18)13-23(27)26-21-6-4-5-17-15-25-11-9-19(17)21/h4-9,11,13-15H,10,12H2,1-3H3,(H,26,27)/b16-13+. The number of fused-ring (bicyclic) bond motifs is 2. The Balaban J connectivity index is 1.62. The number of aromatic nitrogens is 1. The molecule has 142 valence electrons. The summed E-state index contributed by atoms with van der Waals surface area (Å²) in [6, 6.07) is 14.0. The van der Waals surface area contributed by atoms with Crippen molar-refractivity contribution in [2.45, 2.75) is 32.6 Å². The molecule has 4 nitrogen and oxygen atoms in total. The van der Waals surface area contributed by atoms with Gasteiger partial charge in [-0.3, -0.25) is 9.78 Å². The van der Waals surface area contributed by atoms with Crippen LogP contribution in [0.4, 0.5) is 5.69 Å². The second-order valence-electron chi connectivity index (χ2n) is 8.12. The van der Waals surface area contributed by atoms with Gasteiger partial charge < -0.3 is 10.1 Å². The van der Waals surface area contributed by atoms with E-state index in [-0.39, 0.29) is 11.3 Å². The van der Waals surface area contributed by atoms with E-state index in [9.17, 15) is 4.79 Å². The van der Waals surface area contributed by atoms with Crippen molar-refractivity contribution in [2.75, 3.05) is 11.9 Å². The number of nitrogens with one attached hydrogen (secondary N) is 1. The van der Waals surface area contributed by atoms with E-state index < -0.39 is 0 Å². The first-order valence-corrected chi connectivity index (χ1v) is 9.54. The number of benzene rings is 2. The van der Waals surface area contributed by atoms with Crippen LogP contribution in [0.1, 0.15) is 38.3 Å². The maximum atomic E-state index is 12.7. The Kier molecular flexibility index (Phi) is 4.63. The van der Waals surface area contributed by atoms with Crippen LogP contribution in [0.3, 0.4) is 0 Å². The Labute approximate surface area is 165 Å². The fraction of sp³-hybridized carbons (Fsp3) is 0.250. The van der Waals surface area contributed by atoms with E-state index in [2.05, 4.69) is 49.3 Å². The van der Waals surface area contributed by atoms with Crippen molar-refractivity contribution in [1.29, 1.82) is 0 Å². The molecule has 1 aliphatic heterocycles. The topological polar surface area (TPSA) is 51.2 Å². The predicted octanol–water partition coefficient (Wildman–Crippen LogP) is 5.34. The van der Waals surface area contributed by atoms with E-state index in [1.165, 1.54) is 5.56 Å². The Morgan fingerprint density at radius 3 is 2.86 bits per heavy atom. The largest absolute Gasteiger partial charge is 0.493 e. The average molecular weight is 372 g/mol. The summed E-state index contributed by atoms with van der Waals surface area (Å²) in [5, 5.41) is 4.99. The van der Waals surface area contributed by atoms with Crippen molar-refractivity contribution in [3.63, 3.8) is 0 Å². The van der Waals surface area contributed by atoms with Gasteiger partial charge in [0, 0.05) is 46.9 Å². The van der Waals surface area contributed by atoms with Gasteiger partial charge in [-0.2, -0.15) is 0 Å². The molecule has 0 atom stereocenters. The maximum Gasteiger partial charge on any atom is 0.248 e. The molecule has 1 N–H and O–H groups in total. The molecule has 0 spiro atoms. The van der Waals surface area contributed by atoms with E-state index in [1.807, 2.05) is 24.3 Å². The first-order chi connectivity index (χ1) is 13.4. The molecule has 0 bridgehead atoms. The minimum atomic E-state index is -0.132. The van der Waals surface area contributed by atoms with E-state index in [0.29, 0.717) is 6.61 Å². The fourth-order valence-corrected chi connectivity index (χ4v) is 3.49. The van der Waals surface area contributed by atoms with Gasteiger partial charge in [-0.05, 0) is 34.8 Å². The first kappa shape index (κ1) is 18.2. The Morgan fingerprint density at radius 1 is 1.18 bits per heavy atom. The molecule has 28 heavy (non-hydrogen) atoms. The van der Waals surface area contributed by atoms with Crippen molar-refractivity contribution in [2.24, 2.45) is 0 Å². The van der Waals surface area contributed by atoms with Gasteiger partial charge >= 0.3 is 0 Å². The van der Waals surface area contributed by atoms with Crippen molar-refractivity contribution in [3.8, 4) is 5.75 Å². The highest BCUT2D eigenvalue weighted by atomic mass is 16.5. The lowest BCUT2D eigenvalue weighted by molar-refractivity contribution is -0.111. The van der Waals surface area contributed by atoms with E-state index >= 15 is 0 Å². The van der Waals surface area contributed by atoms with Crippen molar-refractivity contribution in [1.82, 2.24) is 4.98 Å². The molecule has 0 saturated heterocycles. The summed E-state index contributed by atoms with van der Waals surface area (Å²) in [6.07, 6.45) is 5.94. The highest BCUT2D eigenvalue weighted by Gasteiger charge is 2.21. The number of pyridine rings is 1. The van der Waals surface area contributed by atoms with Gasteiger partial charge in [0.25, 0.3) is 0 Å². The van der Waals surface area contributed by atoms with E-state index in [4.69, 9.17) is 4.74 Å². The number of hydrogen-bond acceptors (Lipinski definition) is 3. The summed E-state index contributed by atoms with van der Waals surface area (Å²) < 4.78 is 5.87. The van der Waals surface area contributed by atoms with Crippen LogP contribution >= 0.6 is 0 Å².